The van der Waals surface area contributed by atoms with Gasteiger partial charge in [0.1, 0.15) is 5.82 Å². The van der Waals surface area contributed by atoms with E-state index in [1.54, 1.807) is 12.1 Å². The second kappa shape index (κ2) is 9.36. The van der Waals surface area contributed by atoms with Crippen molar-refractivity contribution in [2.24, 2.45) is 0 Å². The van der Waals surface area contributed by atoms with E-state index in [1.807, 2.05) is 53.6 Å². The van der Waals surface area contributed by atoms with Crippen molar-refractivity contribution in [3.63, 3.8) is 0 Å². The molecule has 3 rings (SSSR count). The number of aromatic nitrogens is 1. The van der Waals surface area contributed by atoms with Gasteiger partial charge in [0, 0.05) is 30.5 Å². The zero-order valence-electron chi connectivity index (χ0n) is 16.6. The summed E-state index contributed by atoms with van der Waals surface area (Å²) in [5.74, 6) is -0.187. The highest BCUT2D eigenvalue weighted by Gasteiger charge is 2.17. The number of carbonyl (C=O) groups is 1. The van der Waals surface area contributed by atoms with E-state index in [0.717, 1.165) is 24.1 Å². The molecule has 0 aliphatic heterocycles. The molecule has 1 amide bonds. The molecule has 0 fully saturated rings. The highest BCUT2D eigenvalue weighted by atomic mass is 19.1. The molecule has 1 aromatic heterocycles. The summed E-state index contributed by atoms with van der Waals surface area (Å²) in [6.45, 7) is 5.99. The molecule has 0 saturated heterocycles. The molecule has 0 saturated carbocycles. The number of benzene rings is 2. The minimum Gasteiger partial charge on any atom is -0.345 e. The van der Waals surface area contributed by atoms with E-state index >= 15 is 0 Å². The standard InChI is InChI=1S/C24H27FN2O/c1-3-14-27(24(28)21-12-10-19(4-2)11-13-21)18-23-9-6-15-26(23)17-20-7-5-8-22(25)16-20/h5-13,15-16H,3-4,14,17-18H2,1-2H3. The summed E-state index contributed by atoms with van der Waals surface area (Å²) in [6, 6.07) is 18.5. The molecule has 146 valence electrons. The maximum absolute atomic E-state index is 13.5. The second-order valence-electron chi connectivity index (χ2n) is 7.03. The quantitative estimate of drug-likeness (QED) is 0.523. The highest BCUT2D eigenvalue weighted by molar-refractivity contribution is 5.94. The van der Waals surface area contributed by atoms with E-state index < -0.39 is 0 Å². The van der Waals surface area contributed by atoms with Crippen LogP contribution in [-0.2, 0) is 19.5 Å². The third kappa shape index (κ3) is 4.89. The van der Waals surface area contributed by atoms with Crippen molar-refractivity contribution in [1.82, 2.24) is 9.47 Å². The Morgan fingerprint density at radius 3 is 2.46 bits per heavy atom. The van der Waals surface area contributed by atoms with Gasteiger partial charge in [-0.25, -0.2) is 4.39 Å². The molecule has 0 radical (unpaired) electrons. The van der Waals surface area contributed by atoms with Crippen LogP contribution in [0.1, 0.15) is 47.4 Å². The summed E-state index contributed by atoms with van der Waals surface area (Å²) >= 11 is 0. The molecule has 0 bridgehead atoms. The molecular formula is C24H27FN2O. The van der Waals surface area contributed by atoms with E-state index in [9.17, 15) is 9.18 Å². The third-order valence-corrected chi connectivity index (χ3v) is 4.91. The Hall–Kier alpha value is -2.88. The van der Waals surface area contributed by atoms with Crippen LogP contribution in [-0.4, -0.2) is 21.9 Å². The molecular weight excluding hydrogens is 351 g/mol. The van der Waals surface area contributed by atoms with Gasteiger partial charge >= 0.3 is 0 Å². The zero-order chi connectivity index (χ0) is 19.9. The molecule has 0 unspecified atom stereocenters. The van der Waals surface area contributed by atoms with Crippen LogP contribution in [0.3, 0.4) is 0 Å². The van der Waals surface area contributed by atoms with Crippen LogP contribution in [0.15, 0.2) is 66.9 Å². The van der Waals surface area contributed by atoms with Crippen LogP contribution >= 0.6 is 0 Å². The molecule has 0 atom stereocenters. The average molecular weight is 378 g/mol. The van der Waals surface area contributed by atoms with Crippen LogP contribution in [0.2, 0.25) is 0 Å². The van der Waals surface area contributed by atoms with Crippen molar-refractivity contribution in [2.75, 3.05) is 6.54 Å². The molecule has 28 heavy (non-hydrogen) atoms. The first kappa shape index (κ1) is 19.9. The van der Waals surface area contributed by atoms with Crippen molar-refractivity contribution >= 4 is 5.91 Å². The molecule has 0 N–H and O–H groups in total. The van der Waals surface area contributed by atoms with E-state index in [2.05, 4.69) is 18.4 Å². The Bertz CT molecular complexity index is 914. The Morgan fingerprint density at radius 2 is 1.79 bits per heavy atom. The molecule has 3 aromatic rings. The number of rotatable bonds is 8. The lowest BCUT2D eigenvalue weighted by Crippen LogP contribution is -2.32. The first-order valence-electron chi connectivity index (χ1n) is 9.87. The maximum Gasteiger partial charge on any atom is 0.254 e. The summed E-state index contributed by atoms with van der Waals surface area (Å²) < 4.78 is 15.6. The smallest absolute Gasteiger partial charge is 0.254 e. The minimum absolute atomic E-state index is 0.0445. The number of nitrogens with zero attached hydrogens (tertiary/aromatic N) is 2. The van der Waals surface area contributed by atoms with E-state index in [1.165, 1.54) is 11.6 Å². The predicted molar refractivity (Wildman–Crippen MR) is 111 cm³/mol. The zero-order valence-corrected chi connectivity index (χ0v) is 16.6. The summed E-state index contributed by atoms with van der Waals surface area (Å²) in [5.41, 5.74) is 3.88. The maximum atomic E-state index is 13.5. The molecule has 0 aliphatic carbocycles. The Morgan fingerprint density at radius 1 is 1.00 bits per heavy atom. The number of amides is 1. The van der Waals surface area contributed by atoms with Gasteiger partial charge in [-0.05, 0) is 60.4 Å². The Balaban J connectivity index is 1.77. The summed E-state index contributed by atoms with van der Waals surface area (Å²) in [6.07, 6.45) is 3.83. The molecule has 0 spiro atoms. The normalized spacial score (nSPS) is 10.8. The van der Waals surface area contributed by atoms with Crippen molar-refractivity contribution < 1.29 is 9.18 Å². The van der Waals surface area contributed by atoms with Crippen molar-refractivity contribution in [3.8, 4) is 0 Å². The van der Waals surface area contributed by atoms with Crippen LogP contribution in [0.25, 0.3) is 0 Å². The van der Waals surface area contributed by atoms with Crippen LogP contribution < -0.4 is 0 Å². The lowest BCUT2D eigenvalue weighted by Gasteiger charge is -2.23. The summed E-state index contributed by atoms with van der Waals surface area (Å²) in [5, 5.41) is 0. The number of hydrogen-bond acceptors (Lipinski definition) is 1. The van der Waals surface area contributed by atoms with Crippen LogP contribution in [0.5, 0.6) is 0 Å². The average Bonchev–Trinajstić information content (AvgIpc) is 3.14. The number of hydrogen-bond donors (Lipinski definition) is 0. The van der Waals surface area contributed by atoms with Gasteiger partial charge in [-0.1, -0.05) is 38.1 Å². The van der Waals surface area contributed by atoms with E-state index in [0.29, 0.717) is 25.2 Å². The Kier molecular flexibility index (Phi) is 6.64. The molecule has 2 aromatic carbocycles. The highest BCUT2D eigenvalue weighted by Crippen LogP contribution is 2.15. The molecule has 0 aliphatic rings. The molecule has 3 nitrogen and oxygen atoms in total. The topological polar surface area (TPSA) is 25.2 Å². The first-order valence-corrected chi connectivity index (χ1v) is 9.87. The van der Waals surface area contributed by atoms with Crippen molar-refractivity contribution in [3.05, 3.63) is 95.1 Å². The SMILES string of the molecule is CCCN(Cc1cccn1Cc1cccc(F)c1)C(=O)c1ccc(CC)cc1. The van der Waals surface area contributed by atoms with Crippen LogP contribution in [0, 0.1) is 5.82 Å². The lowest BCUT2D eigenvalue weighted by atomic mass is 10.1. The lowest BCUT2D eigenvalue weighted by molar-refractivity contribution is 0.0739. The number of carbonyl (C=O) groups excluding carboxylic acids is 1. The molecule has 1 heterocycles. The minimum atomic E-state index is -0.232. The van der Waals surface area contributed by atoms with Gasteiger partial charge in [-0.3, -0.25) is 4.79 Å². The van der Waals surface area contributed by atoms with Crippen molar-refractivity contribution in [2.45, 2.75) is 39.8 Å². The van der Waals surface area contributed by atoms with Gasteiger partial charge in [-0.2, -0.15) is 0 Å². The van der Waals surface area contributed by atoms with Gasteiger partial charge in [0.15, 0.2) is 0 Å². The van der Waals surface area contributed by atoms with Gasteiger partial charge in [0.05, 0.1) is 6.54 Å². The van der Waals surface area contributed by atoms with Gasteiger partial charge in [-0.15, -0.1) is 0 Å². The third-order valence-electron chi connectivity index (χ3n) is 4.91. The van der Waals surface area contributed by atoms with Gasteiger partial charge in [0.2, 0.25) is 0 Å². The summed E-state index contributed by atoms with van der Waals surface area (Å²) in [4.78, 5) is 14.9. The van der Waals surface area contributed by atoms with Gasteiger partial charge < -0.3 is 9.47 Å². The molecule has 4 heteroatoms. The monoisotopic (exact) mass is 378 g/mol. The van der Waals surface area contributed by atoms with Crippen molar-refractivity contribution in [1.29, 1.82) is 0 Å². The first-order chi connectivity index (χ1) is 13.6. The fraction of sp³-hybridized carbons (Fsp3) is 0.292. The number of aryl methyl sites for hydroxylation is 1. The summed E-state index contributed by atoms with van der Waals surface area (Å²) in [7, 11) is 0. The fourth-order valence-electron chi connectivity index (χ4n) is 3.36. The van der Waals surface area contributed by atoms with E-state index in [-0.39, 0.29) is 11.7 Å². The largest absolute Gasteiger partial charge is 0.345 e. The van der Waals surface area contributed by atoms with E-state index in [4.69, 9.17) is 0 Å². The number of halogens is 1. The second-order valence-corrected chi connectivity index (χ2v) is 7.03. The Labute approximate surface area is 166 Å². The van der Waals surface area contributed by atoms with Gasteiger partial charge in [0.25, 0.3) is 5.91 Å². The predicted octanol–water partition coefficient (Wildman–Crippen LogP) is 5.29. The fourth-order valence-corrected chi connectivity index (χ4v) is 3.36. The van der Waals surface area contributed by atoms with Crippen LogP contribution in [0.4, 0.5) is 4.39 Å².